The number of benzene rings is 2. The number of hydrogen-bond acceptors (Lipinski definition) is 8. The number of ether oxygens (including phenoxy) is 1. The Bertz CT molecular complexity index is 1390. The maximum Gasteiger partial charge on any atom is 0.284 e. The van der Waals surface area contributed by atoms with Crippen LogP contribution >= 0.6 is 11.3 Å². The van der Waals surface area contributed by atoms with Gasteiger partial charge in [-0.1, -0.05) is 25.1 Å². The molecular weight excluding hydrogens is 516 g/mol. The van der Waals surface area contributed by atoms with Crippen LogP contribution in [0.1, 0.15) is 34.0 Å². The summed E-state index contributed by atoms with van der Waals surface area (Å²) in [7, 11) is -2.03. The van der Waals surface area contributed by atoms with Gasteiger partial charge in [0.25, 0.3) is 11.8 Å². The predicted octanol–water partition coefficient (Wildman–Crippen LogP) is 2.66. The fourth-order valence-electron chi connectivity index (χ4n) is 4.09. The van der Waals surface area contributed by atoms with Gasteiger partial charge in [-0.2, -0.15) is 0 Å². The second-order valence-electron chi connectivity index (χ2n) is 9.29. The molecule has 2 heterocycles. The number of hydrogen-bond donors (Lipinski definition) is 2. The molecule has 2 N–H and O–H groups in total. The third-order valence-electron chi connectivity index (χ3n) is 6.43. The SMILES string of the molecule is C[C@@H]1CN([C@H](C)CO)C(=O)c2cccc(NC(=O)c3nc4ccccc4s3)c2O[C@H]1CN(C)S(C)(=O)=O. The van der Waals surface area contributed by atoms with Gasteiger partial charge >= 0.3 is 0 Å². The first kappa shape index (κ1) is 27.0. The van der Waals surface area contributed by atoms with Crippen LogP contribution in [0.2, 0.25) is 0 Å². The molecule has 12 heteroatoms. The number of carbonyl (C=O) groups excluding carboxylic acids is 2. The van der Waals surface area contributed by atoms with Gasteiger partial charge in [0.2, 0.25) is 10.0 Å². The molecule has 37 heavy (non-hydrogen) atoms. The Morgan fingerprint density at radius 1 is 1.30 bits per heavy atom. The Morgan fingerprint density at radius 3 is 2.70 bits per heavy atom. The number of sulfonamides is 1. The van der Waals surface area contributed by atoms with Gasteiger partial charge in [0.15, 0.2) is 10.8 Å². The Hall–Kier alpha value is -3.06. The van der Waals surface area contributed by atoms with Crippen LogP contribution in [-0.2, 0) is 10.0 Å². The minimum Gasteiger partial charge on any atom is -0.486 e. The highest BCUT2D eigenvalue weighted by Gasteiger charge is 2.35. The van der Waals surface area contributed by atoms with E-state index >= 15 is 0 Å². The first-order valence-corrected chi connectivity index (χ1v) is 14.5. The second-order valence-corrected chi connectivity index (χ2v) is 12.4. The number of aliphatic hydroxyl groups is 1. The molecule has 0 fully saturated rings. The number of para-hydroxylation sites is 2. The van der Waals surface area contributed by atoms with Crippen LogP contribution in [0.3, 0.4) is 0 Å². The summed E-state index contributed by atoms with van der Waals surface area (Å²) < 4.78 is 32.7. The van der Waals surface area contributed by atoms with E-state index in [0.717, 1.165) is 11.0 Å². The molecule has 1 aliphatic heterocycles. The van der Waals surface area contributed by atoms with Crippen LogP contribution < -0.4 is 10.1 Å². The van der Waals surface area contributed by atoms with Gasteiger partial charge < -0.3 is 20.1 Å². The summed E-state index contributed by atoms with van der Waals surface area (Å²) in [6.45, 7) is 3.65. The maximum atomic E-state index is 13.6. The van der Waals surface area contributed by atoms with Crippen LogP contribution in [0.15, 0.2) is 42.5 Å². The minimum absolute atomic E-state index is 0.0368. The van der Waals surface area contributed by atoms with Crippen LogP contribution in [0.5, 0.6) is 5.75 Å². The van der Waals surface area contributed by atoms with Gasteiger partial charge in [-0.15, -0.1) is 11.3 Å². The highest BCUT2D eigenvalue weighted by Crippen LogP contribution is 2.35. The molecule has 3 atom stereocenters. The van der Waals surface area contributed by atoms with Crippen molar-refractivity contribution in [2.24, 2.45) is 5.92 Å². The molecule has 2 amide bonds. The van der Waals surface area contributed by atoms with Crippen LogP contribution in [0.25, 0.3) is 10.2 Å². The molecule has 4 rings (SSSR count). The molecule has 1 aliphatic rings. The summed E-state index contributed by atoms with van der Waals surface area (Å²) in [4.78, 5) is 32.7. The number of aliphatic hydroxyl groups excluding tert-OH is 1. The van der Waals surface area contributed by atoms with Crippen LogP contribution in [0, 0.1) is 5.92 Å². The minimum atomic E-state index is -3.49. The second kappa shape index (κ2) is 10.7. The highest BCUT2D eigenvalue weighted by molar-refractivity contribution is 7.88. The summed E-state index contributed by atoms with van der Waals surface area (Å²) >= 11 is 1.25. The van der Waals surface area contributed by atoms with Gasteiger partial charge in [0.1, 0.15) is 6.10 Å². The molecule has 0 spiro atoms. The van der Waals surface area contributed by atoms with Crippen molar-refractivity contribution in [1.82, 2.24) is 14.2 Å². The van der Waals surface area contributed by atoms with Crippen molar-refractivity contribution in [1.29, 1.82) is 0 Å². The van der Waals surface area contributed by atoms with Crippen molar-refractivity contribution < 1.29 is 27.9 Å². The average molecular weight is 547 g/mol. The van der Waals surface area contributed by atoms with Gasteiger partial charge in [0.05, 0.1) is 46.9 Å². The van der Waals surface area contributed by atoms with E-state index in [1.165, 1.54) is 22.7 Å². The molecule has 10 nitrogen and oxygen atoms in total. The highest BCUT2D eigenvalue weighted by atomic mass is 32.2. The Morgan fingerprint density at radius 2 is 2.03 bits per heavy atom. The van der Waals surface area contributed by atoms with Crippen molar-refractivity contribution >= 4 is 49.1 Å². The molecule has 3 aromatic rings. The van der Waals surface area contributed by atoms with E-state index in [0.29, 0.717) is 5.52 Å². The average Bonchev–Trinajstić information content (AvgIpc) is 3.30. The molecule has 0 unspecified atom stereocenters. The van der Waals surface area contributed by atoms with E-state index in [9.17, 15) is 23.1 Å². The zero-order valence-corrected chi connectivity index (χ0v) is 22.7. The molecule has 1 aromatic heterocycles. The molecular formula is C25H30N4O6S2. The van der Waals surface area contributed by atoms with Crippen molar-refractivity contribution in [2.45, 2.75) is 26.0 Å². The standard InChI is InChI=1S/C25H30N4O6S2/c1-15-12-29(16(2)14-30)25(32)17-8-7-10-19(22(17)35-20(15)13-28(3)37(4,33)34)26-23(31)24-27-18-9-5-6-11-21(18)36-24/h5-11,15-16,20,30H,12-14H2,1-4H3,(H,26,31)/t15-,16-,20+/m1/s1. The van der Waals surface area contributed by atoms with Gasteiger partial charge in [-0.25, -0.2) is 17.7 Å². The fourth-order valence-corrected chi connectivity index (χ4v) is 5.37. The monoisotopic (exact) mass is 546 g/mol. The Balaban J connectivity index is 1.74. The number of rotatable bonds is 7. The van der Waals surface area contributed by atoms with Crippen LogP contribution in [0.4, 0.5) is 5.69 Å². The third-order valence-corrected chi connectivity index (χ3v) is 8.75. The van der Waals surface area contributed by atoms with E-state index in [4.69, 9.17) is 4.74 Å². The number of anilines is 1. The number of fused-ring (bicyclic) bond motifs is 2. The first-order chi connectivity index (χ1) is 17.5. The Kier molecular flexibility index (Phi) is 7.83. The molecule has 0 radical (unpaired) electrons. The molecule has 2 aromatic carbocycles. The largest absolute Gasteiger partial charge is 0.486 e. The quantitative estimate of drug-likeness (QED) is 0.466. The lowest BCUT2D eigenvalue weighted by Crippen LogP contribution is -2.50. The lowest BCUT2D eigenvalue weighted by Gasteiger charge is -2.38. The van der Waals surface area contributed by atoms with E-state index < -0.39 is 28.1 Å². The number of likely N-dealkylation sites (N-methyl/N-ethyl adjacent to an activating group) is 1. The van der Waals surface area contributed by atoms with Crippen molar-refractivity contribution in [2.75, 3.05) is 38.3 Å². The van der Waals surface area contributed by atoms with E-state index in [-0.39, 0.29) is 53.5 Å². The van der Waals surface area contributed by atoms with Crippen molar-refractivity contribution in [3.63, 3.8) is 0 Å². The van der Waals surface area contributed by atoms with E-state index in [1.54, 1.807) is 30.0 Å². The van der Waals surface area contributed by atoms with Gasteiger partial charge in [-0.3, -0.25) is 9.59 Å². The summed E-state index contributed by atoms with van der Waals surface area (Å²) in [5.41, 5.74) is 1.19. The van der Waals surface area contributed by atoms with E-state index in [2.05, 4.69) is 10.3 Å². The number of nitrogens with zero attached hydrogens (tertiary/aromatic N) is 3. The topological polar surface area (TPSA) is 129 Å². The zero-order valence-electron chi connectivity index (χ0n) is 21.0. The fraction of sp³-hybridized carbons (Fsp3) is 0.400. The number of amides is 2. The lowest BCUT2D eigenvalue weighted by molar-refractivity contribution is 0.0389. The van der Waals surface area contributed by atoms with Gasteiger partial charge in [-0.05, 0) is 31.2 Å². The summed E-state index contributed by atoms with van der Waals surface area (Å²) in [6, 6.07) is 11.8. The molecule has 198 valence electrons. The van der Waals surface area contributed by atoms with Crippen LogP contribution in [-0.4, -0.2) is 84.7 Å². The summed E-state index contributed by atoms with van der Waals surface area (Å²) in [5.74, 6) is -0.945. The Labute approximate surface area is 219 Å². The summed E-state index contributed by atoms with van der Waals surface area (Å²) in [6.07, 6.45) is 0.474. The number of nitrogens with one attached hydrogen (secondary N) is 1. The number of carbonyl (C=O) groups is 2. The van der Waals surface area contributed by atoms with Crippen molar-refractivity contribution in [3.05, 3.63) is 53.0 Å². The molecule has 0 aliphatic carbocycles. The summed E-state index contributed by atoms with van der Waals surface area (Å²) in [5, 5.41) is 12.9. The maximum absolute atomic E-state index is 13.6. The smallest absolute Gasteiger partial charge is 0.284 e. The van der Waals surface area contributed by atoms with Crippen molar-refractivity contribution in [3.8, 4) is 5.75 Å². The first-order valence-electron chi connectivity index (χ1n) is 11.8. The molecule has 0 saturated carbocycles. The molecule has 0 bridgehead atoms. The number of thiazole rings is 1. The molecule has 0 saturated heterocycles. The zero-order chi connectivity index (χ0) is 26.9. The third kappa shape index (κ3) is 5.77. The van der Waals surface area contributed by atoms with Gasteiger partial charge in [0, 0.05) is 19.5 Å². The lowest BCUT2D eigenvalue weighted by atomic mass is 9.99. The van der Waals surface area contributed by atoms with E-state index in [1.807, 2.05) is 31.2 Å². The predicted molar refractivity (Wildman–Crippen MR) is 143 cm³/mol. The number of aromatic nitrogens is 1. The normalized spacial score (nSPS) is 19.2.